The molecule has 0 amide bonds. The molecule has 2 N–H and O–H groups in total. The predicted molar refractivity (Wildman–Crippen MR) is 94.5 cm³/mol. The van der Waals surface area contributed by atoms with Crippen molar-refractivity contribution >= 4 is 17.4 Å². The van der Waals surface area contributed by atoms with Crippen molar-refractivity contribution in [3.63, 3.8) is 0 Å². The van der Waals surface area contributed by atoms with E-state index < -0.39 is 11.9 Å². The highest BCUT2D eigenvalue weighted by Crippen LogP contribution is 2.33. The maximum atomic E-state index is 14.0. The Morgan fingerprint density at radius 2 is 1.83 bits per heavy atom. The summed E-state index contributed by atoms with van der Waals surface area (Å²) in [4.78, 5) is 4.17. The molecule has 1 aromatic heterocycles. The molecule has 1 unspecified atom stereocenters. The third-order valence-corrected chi connectivity index (χ3v) is 4.03. The Kier molecular flexibility index (Phi) is 4.67. The SMILES string of the molecule is CC(Oc1cc(-c2ccccc2)cnc1N)c1c(F)cccc1Cl. The first-order chi connectivity index (χ1) is 11.6. The molecule has 0 fully saturated rings. The van der Waals surface area contributed by atoms with Crippen LogP contribution in [0.15, 0.2) is 60.8 Å². The third-order valence-electron chi connectivity index (χ3n) is 3.70. The Labute approximate surface area is 144 Å². The van der Waals surface area contributed by atoms with Gasteiger partial charge in [0.2, 0.25) is 0 Å². The van der Waals surface area contributed by atoms with E-state index in [0.29, 0.717) is 16.3 Å². The molecule has 0 aliphatic carbocycles. The van der Waals surface area contributed by atoms with Crippen molar-refractivity contribution in [3.05, 3.63) is 77.2 Å². The summed E-state index contributed by atoms with van der Waals surface area (Å²) in [6.07, 6.45) is 1.08. The zero-order valence-corrected chi connectivity index (χ0v) is 13.8. The quantitative estimate of drug-likeness (QED) is 0.703. The van der Waals surface area contributed by atoms with E-state index in [1.807, 2.05) is 30.3 Å². The van der Waals surface area contributed by atoms with Gasteiger partial charge < -0.3 is 10.5 Å². The van der Waals surface area contributed by atoms with E-state index in [1.54, 1.807) is 31.3 Å². The van der Waals surface area contributed by atoms with Crippen LogP contribution in [-0.2, 0) is 0 Å². The predicted octanol–water partition coefficient (Wildman–Crippen LogP) is 5.26. The van der Waals surface area contributed by atoms with Crippen molar-refractivity contribution in [1.82, 2.24) is 4.98 Å². The zero-order chi connectivity index (χ0) is 17.1. The minimum absolute atomic E-state index is 0.244. The van der Waals surface area contributed by atoms with Gasteiger partial charge in [-0.25, -0.2) is 9.37 Å². The van der Waals surface area contributed by atoms with Crippen LogP contribution >= 0.6 is 11.6 Å². The second-order valence-electron chi connectivity index (χ2n) is 5.37. The Balaban J connectivity index is 1.92. The highest BCUT2D eigenvalue weighted by molar-refractivity contribution is 6.31. The number of aromatic nitrogens is 1. The number of nitrogen functional groups attached to an aromatic ring is 1. The summed E-state index contributed by atoms with van der Waals surface area (Å²) in [5, 5.41) is 0.313. The molecular weight excluding hydrogens is 327 g/mol. The van der Waals surface area contributed by atoms with E-state index in [2.05, 4.69) is 4.98 Å². The molecule has 5 heteroatoms. The number of halogens is 2. The second kappa shape index (κ2) is 6.89. The molecular formula is C19H16ClFN2O. The Hall–Kier alpha value is -2.59. The topological polar surface area (TPSA) is 48.1 Å². The summed E-state index contributed by atoms with van der Waals surface area (Å²) in [7, 11) is 0. The van der Waals surface area contributed by atoms with Crippen LogP contribution in [0.5, 0.6) is 5.75 Å². The van der Waals surface area contributed by atoms with Crippen molar-refractivity contribution in [1.29, 1.82) is 0 Å². The lowest BCUT2D eigenvalue weighted by Crippen LogP contribution is -2.08. The first-order valence-corrected chi connectivity index (χ1v) is 7.85. The molecule has 0 saturated heterocycles. The Morgan fingerprint density at radius 3 is 2.54 bits per heavy atom. The summed E-state index contributed by atoms with van der Waals surface area (Å²) in [6, 6.07) is 16.1. The summed E-state index contributed by atoms with van der Waals surface area (Å²) in [6.45, 7) is 1.72. The average molecular weight is 343 g/mol. The summed E-state index contributed by atoms with van der Waals surface area (Å²) in [5.41, 5.74) is 8.06. The monoisotopic (exact) mass is 342 g/mol. The smallest absolute Gasteiger partial charge is 0.166 e. The molecule has 1 atom stereocenters. The van der Waals surface area contributed by atoms with Gasteiger partial charge >= 0.3 is 0 Å². The van der Waals surface area contributed by atoms with Crippen LogP contribution in [0, 0.1) is 5.82 Å². The first kappa shape index (κ1) is 16.3. The molecule has 0 spiro atoms. The van der Waals surface area contributed by atoms with Gasteiger partial charge in [-0.1, -0.05) is 48.0 Å². The molecule has 0 bridgehead atoms. The average Bonchev–Trinajstić information content (AvgIpc) is 2.57. The van der Waals surface area contributed by atoms with Gasteiger partial charge in [0, 0.05) is 17.3 Å². The van der Waals surface area contributed by atoms with Crippen molar-refractivity contribution < 1.29 is 9.13 Å². The van der Waals surface area contributed by atoms with Gasteiger partial charge in [0.1, 0.15) is 11.9 Å². The summed E-state index contributed by atoms with van der Waals surface area (Å²) >= 11 is 6.09. The van der Waals surface area contributed by atoms with Crippen LogP contribution in [0.1, 0.15) is 18.6 Å². The summed E-state index contributed by atoms with van der Waals surface area (Å²) in [5.74, 6) is 0.220. The lowest BCUT2D eigenvalue weighted by Gasteiger charge is -2.18. The number of benzene rings is 2. The fourth-order valence-corrected chi connectivity index (χ4v) is 2.80. The largest absolute Gasteiger partial charge is 0.482 e. The highest BCUT2D eigenvalue weighted by Gasteiger charge is 2.18. The number of pyridine rings is 1. The van der Waals surface area contributed by atoms with Crippen LogP contribution in [0.2, 0.25) is 5.02 Å². The van der Waals surface area contributed by atoms with Crippen LogP contribution in [0.3, 0.4) is 0 Å². The number of ether oxygens (including phenoxy) is 1. The molecule has 24 heavy (non-hydrogen) atoms. The number of rotatable bonds is 4. The van der Waals surface area contributed by atoms with E-state index in [1.165, 1.54) is 6.07 Å². The van der Waals surface area contributed by atoms with Gasteiger partial charge in [-0.15, -0.1) is 0 Å². The minimum Gasteiger partial charge on any atom is -0.482 e. The molecule has 0 aliphatic rings. The Morgan fingerprint density at radius 1 is 1.08 bits per heavy atom. The lowest BCUT2D eigenvalue weighted by molar-refractivity contribution is 0.222. The molecule has 1 heterocycles. The van der Waals surface area contributed by atoms with E-state index in [0.717, 1.165) is 11.1 Å². The number of nitrogens with two attached hydrogens (primary N) is 1. The first-order valence-electron chi connectivity index (χ1n) is 7.48. The molecule has 3 rings (SSSR count). The van der Waals surface area contributed by atoms with Crippen molar-refractivity contribution in [2.75, 3.05) is 5.73 Å². The number of anilines is 1. The van der Waals surface area contributed by atoms with Crippen molar-refractivity contribution in [3.8, 4) is 16.9 Å². The lowest BCUT2D eigenvalue weighted by atomic mass is 10.1. The van der Waals surface area contributed by atoms with Crippen LogP contribution in [0.4, 0.5) is 10.2 Å². The van der Waals surface area contributed by atoms with Crippen LogP contribution in [-0.4, -0.2) is 4.98 Å². The standard InChI is InChI=1S/C19H16ClFN2O/c1-12(18-15(20)8-5-9-16(18)21)24-17-10-14(11-23-19(17)22)13-6-3-2-4-7-13/h2-12H,1H3,(H2,22,23). The Bertz CT molecular complexity index is 835. The van der Waals surface area contributed by atoms with Gasteiger partial charge in [0.15, 0.2) is 11.6 Å². The normalized spacial score (nSPS) is 12.0. The second-order valence-corrected chi connectivity index (χ2v) is 5.78. The van der Waals surface area contributed by atoms with Crippen LogP contribution < -0.4 is 10.5 Å². The van der Waals surface area contributed by atoms with E-state index in [4.69, 9.17) is 22.1 Å². The van der Waals surface area contributed by atoms with Crippen molar-refractivity contribution in [2.24, 2.45) is 0 Å². The van der Waals surface area contributed by atoms with Gasteiger partial charge in [-0.2, -0.15) is 0 Å². The molecule has 3 aromatic rings. The van der Waals surface area contributed by atoms with Gasteiger partial charge in [-0.3, -0.25) is 0 Å². The molecule has 0 radical (unpaired) electrons. The third kappa shape index (κ3) is 3.34. The molecule has 2 aromatic carbocycles. The maximum absolute atomic E-state index is 14.0. The molecule has 122 valence electrons. The fraction of sp³-hybridized carbons (Fsp3) is 0.105. The van der Waals surface area contributed by atoms with Gasteiger partial charge in [0.25, 0.3) is 0 Å². The number of nitrogens with zero attached hydrogens (tertiary/aromatic N) is 1. The van der Waals surface area contributed by atoms with Gasteiger partial charge in [0.05, 0.1) is 5.02 Å². The zero-order valence-electron chi connectivity index (χ0n) is 13.0. The maximum Gasteiger partial charge on any atom is 0.166 e. The fourth-order valence-electron chi connectivity index (χ4n) is 2.49. The number of hydrogen-bond acceptors (Lipinski definition) is 3. The van der Waals surface area contributed by atoms with Gasteiger partial charge in [-0.05, 0) is 30.7 Å². The van der Waals surface area contributed by atoms with Crippen LogP contribution in [0.25, 0.3) is 11.1 Å². The molecule has 0 aliphatic heterocycles. The highest BCUT2D eigenvalue weighted by atomic mass is 35.5. The minimum atomic E-state index is -0.603. The van der Waals surface area contributed by atoms with E-state index >= 15 is 0 Å². The number of hydrogen-bond donors (Lipinski definition) is 1. The summed E-state index contributed by atoms with van der Waals surface area (Å²) < 4.78 is 19.9. The molecule has 3 nitrogen and oxygen atoms in total. The van der Waals surface area contributed by atoms with E-state index in [-0.39, 0.29) is 5.82 Å². The molecule has 0 saturated carbocycles. The van der Waals surface area contributed by atoms with Crippen molar-refractivity contribution in [2.45, 2.75) is 13.0 Å². The van der Waals surface area contributed by atoms with E-state index in [9.17, 15) is 4.39 Å².